The molecule has 0 spiro atoms. The molecule has 0 saturated carbocycles. The van der Waals surface area contributed by atoms with E-state index in [0.717, 1.165) is 18.5 Å². The van der Waals surface area contributed by atoms with Crippen LogP contribution in [0.3, 0.4) is 0 Å². The van der Waals surface area contributed by atoms with Gasteiger partial charge in [-0.05, 0) is 55.7 Å². The molecular formula is C32H34N6O6. The molecule has 4 aromatic rings. The highest BCUT2D eigenvalue weighted by Crippen LogP contribution is 2.41. The molecule has 0 radical (unpaired) electrons. The predicted molar refractivity (Wildman–Crippen MR) is 163 cm³/mol. The van der Waals surface area contributed by atoms with Crippen LogP contribution in [0.5, 0.6) is 11.5 Å². The number of aromatic nitrogens is 3. The number of nitrogens with one attached hydrogen (secondary N) is 1. The third-order valence-electron chi connectivity index (χ3n) is 7.86. The third kappa shape index (κ3) is 5.80. The van der Waals surface area contributed by atoms with E-state index in [1.165, 1.54) is 16.5 Å². The molecule has 44 heavy (non-hydrogen) atoms. The molecule has 2 amide bonds. The number of hydrogen-bond acceptors (Lipinski definition) is 9. The van der Waals surface area contributed by atoms with Gasteiger partial charge in [-0.2, -0.15) is 0 Å². The second-order valence-electron chi connectivity index (χ2n) is 11.0. The number of fused-ring (bicyclic) bond motifs is 2. The molecule has 1 N–H and O–H groups in total. The van der Waals surface area contributed by atoms with Crippen molar-refractivity contribution < 1.29 is 28.6 Å². The monoisotopic (exact) mass is 598 g/mol. The first-order chi connectivity index (χ1) is 21.3. The Morgan fingerprint density at radius 3 is 2.50 bits per heavy atom. The summed E-state index contributed by atoms with van der Waals surface area (Å²) in [6, 6.07) is 16.7. The van der Waals surface area contributed by atoms with Crippen LogP contribution in [0.4, 0.5) is 11.4 Å². The van der Waals surface area contributed by atoms with Crippen molar-refractivity contribution in [2.75, 3.05) is 43.8 Å². The Bertz CT molecular complexity index is 1700. The molecule has 0 bridgehead atoms. The molecule has 2 aliphatic heterocycles. The molecule has 2 aliphatic rings. The minimum atomic E-state index is -1.15. The van der Waals surface area contributed by atoms with Crippen molar-refractivity contribution in [3.05, 3.63) is 71.8 Å². The third-order valence-corrected chi connectivity index (χ3v) is 7.86. The van der Waals surface area contributed by atoms with E-state index in [-0.39, 0.29) is 36.5 Å². The number of ether oxygens (including phenoxy) is 3. The van der Waals surface area contributed by atoms with Gasteiger partial charge < -0.3 is 24.4 Å². The van der Waals surface area contributed by atoms with Gasteiger partial charge in [0.15, 0.2) is 17.3 Å². The molecule has 1 fully saturated rings. The van der Waals surface area contributed by atoms with E-state index in [1.807, 2.05) is 61.5 Å². The summed E-state index contributed by atoms with van der Waals surface area (Å²) in [5, 5.41) is 11.4. The van der Waals surface area contributed by atoms with Gasteiger partial charge >= 0.3 is 0 Å². The van der Waals surface area contributed by atoms with Crippen LogP contribution in [0.1, 0.15) is 41.7 Å². The van der Waals surface area contributed by atoms with Crippen molar-refractivity contribution in [2.24, 2.45) is 0 Å². The lowest BCUT2D eigenvalue weighted by molar-refractivity contribution is -0.127. The minimum Gasteiger partial charge on any atom is -0.454 e. The van der Waals surface area contributed by atoms with E-state index in [2.05, 4.69) is 15.6 Å². The van der Waals surface area contributed by atoms with Gasteiger partial charge in [0.05, 0.1) is 17.3 Å². The normalized spacial score (nSPS) is 16.1. The molecule has 12 nitrogen and oxygen atoms in total. The SMILES string of the molecule is CC(=O)c1cc2c(cc1N(C(=O)Cn1nnc3ccccc31)[C@@H](C(=O)NC[C@@H]1CCCO1)c1ccc(N(C)C)cc1)OCO2. The highest BCUT2D eigenvalue weighted by atomic mass is 16.7. The van der Waals surface area contributed by atoms with Crippen LogP contribution in [0.15, 0.2) is 60.7 Å². The lowest BCUT2D eigenvalue weighted by atomic mass is 9.99. The quantitative estimate of drug-likeness (QED) is 0.273. The summed E-state index contributed by atoms with van der Waals surface area (Å²) in [6.45, 7) is 2.09. The molecule has 0 unspecified atom stereocenters. The summed E-state index contributed by atoms with van der Waals surface area (Å²) in [5.41, 5.74) is 3.21. The Kier molecular flexibility index (Phi) is 8.16. The highest BCUT2D eigenvalue weighted by Gasteiger charge is 2.37. The maximum absolute atomic E-state index is 14.5. The molecule has 228 valence electrons. The van der Waals surface area contributed by atoms with Crippen molar-refractivity contribution in [3.8, 4) is 11.5 Å². The number of hydrogen-bond donors (Lipinski definition) is 1. The summed E-state index contributed by atoms with van der Waals surface area (Å²) in [7, 11) is 3.84. The summed E-state index contributed by atoms with van der Waals surface area (Å²) >= 11 is 0. The number of Topliss-reactive ketones (excluding diaryl/α,β-unsaturated/α-hetero) is 1. The number of para-hydroxylation sites is 1. The molecule has 1 saturated heterocycles. The van der Waals surface area contributed by atoms with Crippen LogP contribution >= 0.6 is 0 Å². The smallest absolute Gasteiger partial charge is 0.249 e. The van der Waals surface area contributed by atoms with Gasteiger partial charge in [0, 0.05) is 44.6 Å². The van der Waals surface area contributed by atoms with Gasteiger partial charge in [-0.3, -0.25) is 19.3 Å². The van der Waals surface area contributed by atoms with Gasteiger partial charge in [-0.15, -0.1) is 5.10 Å². The van der Waals surface area contributed by atoms with Gasteiger partial charge in [-0.1, -0.05) is 29.5 Å². The van der Waals surface area contributed by atoms with E-state index in [4.69, 9.17) is 14.2 Å². The van der Waals surface area contributed by atoms with Crippen LogP contribution in [-0.2, 0) is 20.9 Å². The molecule has 3 aromatic carbocycles. The number of carbonyl (C=O) groups is 3. The Hall–Kier alpha value is -4.97. The second-order valence-corrected chi connectivity index (χ2v) is 11.0. The highest BCUT2D eigenvalue weighted by molar-refractivity contribution is 6.08. The van der Waals surface area contributed by atoms with Gasteiger partial charge in [0.1, 0.15) is 18.1 Å². The topological polar surface area (TPSA) is 128 Å². The lowest BCUT2D eigenvalue weighted by Gasteiger charge is -2.33. The van der Waals surface area contributed by atoms with E-state index in [1.54, 1.807) is 18.2 Å². The van der Waals surface area contributed by atoms with Crippen LogP contribution in [0, 0.1) is 0 Å². The summed E-state index contributed by atoms with van der Waals surface area (Å²) < 4.78 is 18.4. The average Bonchev–Trinajstić information content (AvgIpc) is 3.80. The van der Waals surface area contributed by atoms with Crippen LogP contribution < -0.4 is 24.6 Å². The fourth-order valence-electron chi connectivity index (χ4n) is 5.56. The largest absolute Gasteiger partial charge is 0.454 e. The summed E-state index contributed by atoms with van der Waals surface area (Å²) in [5.74, 6) is -0.430. The van der Waals surface area contributed by atoms with Crippen molar-refractivity contribution in [2.45, 2.75) is 38.5 Å². The number of nitrogens with zero attached hydrogens (tertiary/aromatic N) is 5. The van der Waals surface area contributed by atoms with E-state index >= 15 is 0 Å². The predicted octanol–water partition coefficient (Wildman–Crippen LogP) is 3.50. The fraction of sp³-hybridized carbons (Fsp3) is 0.344. The number of amides is 2. The zero-order valence-corrected chi connectivity index (χ0v) is 24.9. The fourth-order valence-corrected chi connectivity index (χ4v) is 5.56. The summed E-state index contributed by atoms with van der Waals surface area (Å²) in [4.78, 5) is 45.1. The van der Waals surface area contributed by atoms with E-state index in [9.17, 15) is 14.4 Å². The Morgan fingerprint density at radius 1 is 1.05 bits per heavy atom. The first kappa shape index (κ1) is 29.1. The second kappa shape index (κ2) is 12.3. The van der Waals surface area contributed by atoms with Crippen LogP contribution in [0.2, 0.25) is 0 Å². The minimum absolute atomic E-state index is 0.0215. The first-order valence-corrected chi connectivity index (χ1v) is 14.5. The van der Waals surface area contributed by atoms with Crippen molar-refractivity contribution >= 4 is 40.0 Å². The standard InChI is InChI=1S/C32H34N6O6/c1-20(39)24-15-28-29(44-19-43-28)16-27(24)38(30(40)18-37-26-9-5-4-8-25(26)34-35-37)31(21-10-12-22(13-11-21)36(2)3)32(41)33-17-23-7-6-14-42-23/h4-5,8-13,15-16,23,31H,6-7,14,17-19H2,1-3H3,(H,33,41)/t23-,31+/m0/s1. The van der Waals surface area contributed by atoms with Crippen molar-refractivity contribution in [3.63, 3.8) is 0 Å². The number of ketones is 1. The summed E-state index contributed by atoms with van der Waals surface area (Å²) in [6.07, 6.45) is 1.65. The van der Waals surface area contributed by atoms with Crippen molar-refractivity contribution in [1.82, 2.24) is 20.3 Å². The van der Waals surface area contributed by atoms with E-state index in [0.29, 0.717) is 41.2 Å². The molecule has 12 heteroatoms. The Balaban J connectivity index is 1.48. The lowest BCUT2D eigenvalue weighted by Crippen LogP contribution is -2.47. The van der Waals surface area contributed by atoms with Crippen LogP contribution in [0.25, 0.3) is 11.0 Å². The Morgan fingerprint density at radius 2 is 1.80 bits per heavy atom. The van der Waals surface area contributed by atoms with Crippen molar-refractivity contribution in [1.29, 1.82) is 0 Å². The Labute approximate surface area is 254 Å². The average molecular weight is 599 g/mol. The molecular weight excluding hydrogens is 564 g/mol. The van der Waals surface area contributed by atoms with Gasteiger partial charge in [0.2, 0.25) is 18.6 Å². The molecule has 2 atom stereocenters. The zero-order chi connectivity index (χ0) is 30.8. The first-order valence-electron chi connectivity index (χ1n) is 14.5. The number of rotatable bonds is 10. The molecule has 3 heterocycles. The van der Waals surface area contributed by atoms with Crippen LogP contribution in [-0.4, -0.2) is 72.7 Å². The van der Waals surface area contributed by atoms with Gasteiger partial charge in [-0.25, -0.2) is 4.68 Å². The molecule has 6 rings (SSSR count). The maximum Gasteiger partial charge on any atom is 0.249 e. The number of anilines is 2. The number of benzene rings is 3. The maximum atomic E-state index is 14.5. The molecule has 1 aromatic heterocycles. The van der Waals surface area contributed by atoms with Gasteiger partial charge in [0.25, 0.3) is 0 Å². The molecule has 0 aliphatic carbocycles. The zero-order valence-electron chi connectivity index (χ0n) is 24.9. The number of carbonyl (C=O) groups excluding carboxylic acids is 3. The van der Waals surface area contributed by atoms with E-state index < -0.39 is 17.9 Å².